The second kappa shape index (κ2) is 5.87. The summed E-state index contributed by atoms with van der Waals surface area (Å²) in [5, 5.41) is 4.41. The zero-order chi connectivity index (χ0) is 16.5. The Hall–Kier alpha value is -2.24. The Morgan fingerprint density at radius 3 is 2.27 bits per heavy atom. The monoisotopic (exact) mass is 310 g/mol. The van der Waals surface area contributed by atoms with E-state index in [0.717, 1.165) is 34.7 Å². The van der Waals surface area contributed by atoms with Gasteiger partial charge in [-0.25, -0.2) is 4.68 Å². The zero-order valence-electron chi connectivity index (χ0n) is 12.8. The van der Waals surface area contributed by atoms with Gasteiger partial charge in [-0.3, -0.25) is 0 Å². The van der Waals surface area contributed by atoms with Gasteiger partial charge in [0.05, 0.1) is 30.3 Å². The molecule has 3 nitrogen and oxygen atoms in total. The molecular weight excluding hydrogens is 293 g/mol. The van der Waals surface area contributed by atoms with Crippen molar-refractivity contribution >= 4 is 5.57 Å². The average molecular weight is 310 g/mol. The Morgan fingerprint density at radius 1 is 1.18 bits per heavy atom. The second-order valence-electron chi connectivity index (χ2n) is 5.04. The molecule has 0 fully saturated rings. The second-order valence-corrected chi connectivity index (χ2v) is 5.04. The van der Waals surface area contributed by atoms with Gasteiger partial charge < -0.3 is 4.74 Å². The molecule has 2 aromatic rings. The molecule has 0 aliphatic carbocycles. The molecule has 6 heteroatoms. The predicted octanol–water partition coefficient (Wildman–Crippen LogP) is 4.52. The van der Waals surface area contributed by atoms with E-state index >= 15 is 0 Å². The molecular formula is C16H17F3N2O. The number of alkyl halides is 3. The first-order chi connectivity index (χ1) is 10.3. The van der Waals surface area contributed by atoms with Crippen LogP contribution >= 0.6 is 0 Å². The number of benzene rings is 1. The summed E-state index contributed by atoms with van der Waals surface area (Å²) < 4.78 is 44.5. The molecule has 22 heavy (non-hydrogen) atoms. The van der Waals surface area contributed by atoms with E-state index in [1.54, 1.807) is 18.1 Å². The van der Waals surface area contributed by atoms with Gasteiger partial charge in [0.1, 0.15) is 0 Å². The number of methoxy groups -OCH3 is 1. The lowest BCUT2D eigenvalue weighted by Crippen LogP contribution is -2.06. The van der Waals surface area contributed by atoms with E-state index in [0.29, 0.717) is 5.69 Å². The van der Waals surface area contributed by atoms with Crippen molar-refractivity contribution in [2.75, 3.05) is 7.11 Å². The maximum absolute atomic E-state index is 12.6. The molecule has 118 valence electrons. The zero-order valence-corrected chi connectivity index (χ0v) is 12.8. The standard InChI is InChI=1S/C16H17F3N2O/c1-10(9-22-4)15-11(2)20-21(12(15)3)14-7-5-13(6-8-14)16(17,18)19/h5-9H,1-4H3. The molecule has 1 heterocycles. The number of rotatable bonds is 3. The highest BCUT2D eigenvalue weighted by Crippen LogP contribution is 2.30. The predicted molar refractivity (Wildman–Crippen MR) is 78.7 cm³/mol. The van der Waals surface area contributed by atoms with Crippen molar-refractivity contribution in [2.45, 2.75) is 26.9 Å². The summed E-state index contributed by atoms with van der Waals surface area (Å²) in [4.78, 5) is 0. The number of nitrogens with zero attached hydrogens (tertiary/aromatic N) is 2. The van der Waals surface area contributed by atoms with Gasteiger partial charge in [0.25, 0.3) is 0 Å². The molecule has 0 unspecified atom stereocenters. The minimum atomic E-state index is -4.34. The maximum atomic E-state index is 12.6. The summed E-state index contributed by atoms with van der Waals surface area (Å²) in [6, 6.07) is 4.95. The molecule has 0 radical (unpaired) electrons. The van der Waals surface area contributed by atoms with Gasteiger partial charge in [-0.1, -0.05) is 0 Å². The number of ether oxygens (including phenoxy) is 1. The van der Waals surface area contributed by atoms with E-state index in [-0.39, 0.29) is 0 Å². The van der Waals surface area contributed by atoms with Crippen molar-refractivity contribution in [1.29, 1.82) is 0 Å². The third kappa shape index (κ3) is 3.00. The fraction of sp³-hybridized carbons (Fsp3) is 0.312. The van der Waals surface area contributed by atoms with E-state index in [1.165, 1.54) is 12.1 Å². The van der Waals surface area contributed by atoms with Crippen molar-refractivity contribution in [1.82, 2.24) is 9.78 Å². The highest BCUT2D eigenvalue weighted by Gasteiger charge is 2.30. The molecule has 1 aromatic carbocycles. The van der Waals surface area contributed by atoms with Gasteiger partial charge in [0, 0.05) is 11.3 Å². The number of hydrogen-bond acceptors (Lipinski definition) is 2. The molecule has 0 aliphatic heterocycles. The molecule has 0 aliphatic rings. The summed E-state index contributed by atoms with van der Waals surface area (Å²) in [7, 11) is 1.56. The van der Waals surface area contributed by atoms with Crippen LogP contribution in [-0.4, -0.2) is 16.9 Å². The first kappa shape index (κ1) is 16.1. The van der Waals surface area contributed by atoms with Gasteiger partial charge in [-0.05, 0) is 50.6 Å². The molecule has 0 N–H and O–H groups in total. The Morgan fingerprint density at radius 2 is 1.77 bits per heavy atom. The molecule has 0 spiro atoms. The largest absolute Gasteiger partial charge is 0.504 e. The number of allylic oxidation sites excluding steroid dienone is 1. The Labute approximate surface area is 127 Å². The van der Waals surface area contributed by atoms with Crippen LogP contribution in [0, 0.1) is 13.8 Å². The lowest BCUT2D eigenvalue weighted by atomic mass is 10.1. The van der Waals surface area contributed by atoms with Crippen molar-refractivity contribution in [3.8, 4) is 5.69 Å². The van der Waals surface area contributed by atoms with Crippen LogP contribution < -0.4 is 0 Å². The van der Waals surface area contributed by atoms with Crippen molar-refractivity contribution in [3.63, 3.8) is 0 Å². The van der Waals surface area contributed by atoms with Gasteiger partial charge in [-0.2, -0.15) is 18.3 Å². The molecule has 0 atom stereocenters. The average Bonchev–Trinajstić information content (AvgIpc) is 2.73. The van der Waals surface area contributed by atoms with E-state index in [4.69, 9.17) is 4.74 Å². The maximum Gasteiger partial charge on any atom is 0.416 e. The van der Waals surface area contributed by atoms with Crippen LogP contribution in [0.5, 0.6) is 0 Å². The fourth-order valence-electron chi connectivity index (χ4n) is 2.49. The summed E-state index contributed by atoms with van der Waals surface area (Å²) in [6.07, 6.45) is -2.72. The normalized spacial score (nSPS) is 12.6. The Kier molecular flexibility index (Phi) is 4.30. The van der Waals surface area contributed by atoms with Gasteiger partial charge in [0.15, 0.2) is 0 Å². The van der Waals surface area contributed by atoms with Crippen LogP contribution in [0.25, 0.3) is 11.3 Å². The first-order valence-corrected chi connectivity index (χ1v) is 6.69. The number of halogens is 3. The van der Waals surface area contributed by atoms with E-state index in [1.807, 2.05) is 20.8 Å². The summed E-state index contributed by atoms with van der Waals surface area (Å²) in [5.41, 5.74) is 3.40. The van der Waals surface area contributed by atoms with E-state index in [2.05, 4.69) is 5.10 Å². The van der Waals surface area contributed by atoms with E-state index < -0.39 is 11.7 Å². The summed E-state index contributed by atoms with van der Waals surface area (Å²) >= 11 is 0. The lowest BCUT2D eigenvalue weighted by Gasteiger charge is -2.09. The summed E-state index contributed by atoms with van der Waals surface area (Å²) in [6.45, 7) is 5.63. The van der Waals surface area contributed by atoms with Crippen molar-refractivity contribution in [2.24, 2.45) is 0 Å². The third-order valence-corrected chi connectivity index (χ3v) is 3.42. The van der Waals surface area contributed by atoms with Crippen LogP contribution in [0.4, 0.5) is 13.2 Å². The van der Waals surface area contributed by atoms with Crippen LogP contribution in [0.2, 0.25) is 0 Å². The number of aromatic nitrogens is 2. The number of aryl methyl sites for hydroxylation is 1. The van der Waals surface area contributed by atoms with Crippen LogP contribution in [-0.2, 0) is 10.9 Å². The highest BCUT2D eigenvalue weighted by molar-refractivity contribution is 5.67. The molecule has 0 amide bonds. The molecule has 0 bridgehead atoms. The SMILES string of the molecule is COC=C(C)c1c(C)nn(-c2ccc(C(F)(F)F)cc2)c1C. The van der Waals surface area contributed by atoms with Crippen LogP contribution in [0.3, 0.4) is 0 Å². The van der Waals surface area contributed by atoms with Gasteiger partial charge >= 0.3 is 6.18 Å². The fourth-order valence-corrected chi connectivity index (χ4v) is 2.49. The topological polar surface area (TPSA) is 27.1 Å². The number of hydrogen-bond donors (Lipinski definition) is 0. The third-order valence-electron chi connectivity index (χ3n) is 3.42. The summed E-state index contributed by atoms with van der Waals surface area (Å²) in [5.74, 6) is 0. The highest BCUT2D eigenvalue weighted by atomic mass is 19.4. The van der Waals surface area contributed by atoms with Gasteiger partial charge in [0.2, 0.25) is 0 Å². The van der Waals surface area contributed by atoms with Crippen LogP contribution in [0.1, 0.15) is 29.4 Å². The molecule has 2 rings (SSSR count). The first-order valence-electron chi connectivity index (χ1n) is 6.69. The molecule has 0 saturated heterocycles. The van der Waals surface area contributed by atoms with Crippen LogP contribution in [0.15, 0.2) is 30.5 Å². The minimum Gasteiger partial charge on any atom is -0.504 e. The molecule has 1 aromatic heterocycles. The minimum absolute atomic E-state index is 0.588. The Balaban J connectivity index is 2.46. The quantitative estimate of drug-likeness (QED) is 0.780. The lowest BCUT2D eigenvalue weighted by molar-refractivity contribution is -0.137. The Bertz CT molecular complexity index is 697. The van der Waals surface area contributed by atoms with E-state index in [9.17, 15) is 13.2 Å². The van der Waals surface area contributed by atoms with Crippen molar-refractivity contribution < 1.29 is 17.9 Å². The molecule has 0 saturated carbocycles. The smallest absolute Gasteiger partial charge is 0.416 e. The van der Waals surface area contributed by atoms with Crippen molar-refractivity contribution in [3.05, 3.63) is 53.0 Å². The van der Waals surface area contributed by atoms with Gasteiger partial charge in [-0.15, -0.1) is 0 Å².